The van der Waals surface area contributed by atoms with Gasteiger partial charge >= 0.3 is 0 Å². The summed E-state index contributed by atoms with van der Waals surface area (Å²) < 4.78 is 4.91. The van der Waals surface area contributed by atoms with Crippen molar-refractivity contribution in [2.75, 3.05) is 46.4 Å². The minimum absolute atomic E-state index is 0. The van der Waals surface area contributed by atoms with Gasteiger partial charge in [0.1, 0.15) is 6.54 Å². The van der Waals surface area contributed by atoms with Crippen molar-refractivity contribution in [2.45, 2.75) is 52.5 Å². The predicted molar refractivity (Wildman–Crippen MR) is 123 cm³/mol. The molecular weight excluding hydrogens is 473 g/mol. The number of carbonyl (C=O) groups is 2. The zero-order chi connectivity index (χ0) is 20.1. The Hall–Kier alpha value is -1.10. The minimum atomic E-state index is -0.130. The third-order valence-corrected chi connectivity index (χ3v) is 4.84. The van der Waals surface area contributed by atoms with Gasteiger partial charge in [0.05, 0.1) is 6.61 Å². The number of halogens is 1. The van der Waals surface area contributed by atoms with E-state index in [2.05, 4.69) is 34.8 Å². The van der Waals surface area contributed by atoms with Crippen LogP contribution in [0.1, 0.15) is 46.5 Å². The zero-order valence-corrected chi connectivity index (χ0v) is 20.1. The second kappa shape index (κ2) is 15.8. The third kappa shape index (κ3) is 9.90. The van der Waals surface area contributed by atoms with E-state index in [1.165, 1.54) is 0 Å². The molecule has 0 aromatic heterocycles. The molecule has 9 heteroatoms. The van der Waals surface area contributed by atoms with E-state index in [9.17, 15) is 9.59 Å². The SMILES string of the molecule is CCNC(=NCC(=O)NCCOC)NC1CCN(C(=O)C(CC)CC)CC1.I. The standard InChI is InChI=1S/C19H37N5O3.HI/c1-5-15(6-2)18(26)24-11-8-16(9-12-24)23-19(20-7-3)22-14-17(25)21-10-13-27-4;/h15-16H,5-14H2,1-4H3,(H,21,25)(H2,20,22,23);1H. The first-order valence-corrected chi connectivity index (χ1v) is 10.1. The van der Waals surface area contributed by atoms with Crippen molar-refractivity contribution in [1.29, 1.82) is 0 Å². The van der Waals surface area contributed by atoms with Crippen LogP contribution in [0, 0.1) is 5.92 Å². The molecule has 0 atom stereocenters. The van der Waals surface area contributed by atoms with Gasteiger partial charge in [-0.15, -0.1) is 24.0 Å². The molecule has 0 aromatic rings. The van der Waals surface area contributed by atoms with E-state index >= 15 is 0 Å². The Bertz CT molecular complexity index is 478. The molecule has 0 saturated carbocycles. The summed E-state index contributed by atoms with van der Waals surface area (Å²) in [6, 6.07) is 0.255. The number of ether oxygens (including phenoxy) is 1. The Morgan fingerprint density at radius 2 is 1.79 bits per heavy atom. The highest BCUT2D eigenvalue weighted by atomic mass is 127. The minimum Gasteiger partial charge on any atom is -0.383 e. The van der Waals surface area contributed by atoms with E-state index in [1.807, 2.05) is 11.8 Å². The monoisotopic (exact) mass is 511 g/mol. The quantitative estimate of drug-likeness (QED) is 0.178. The predicted octanol–water partition coefficient (Wildman–Crippen LogP) is 1.35. The van der Waals surface area contributed by atoms with E-state index in [0.29, 0.717) is 19.1 Å². The molecule has 0 aromatic carbocycles. The molecule has 1 saturated heterocycles. The normalized spacial score (nSPS) is 15.2. The highest BCUT2D eigenvalue weighted by Gasteiger charge is 2.26. The average Bonchev–Trinajstić information content (AvgIpc) is 2.68. The van der Waals surface area contributed by atoms with Crippen LogP contribution in [0.2, 0.25) is 0 Å². The summed E-state index contributed by atoms with van der Waals surface area (Å²) in [4.78, 5) is 30.6. The van der Waals surface area contributed by atoms with Crippen LogP contribution in [-0.4, -0.2) is 75.2 Å². The Morgan fingerprint density at radius 3 is 2.32 bits per heavy atom. The summed E-state index contributed by atoms with van der Waals surface area (Å²) >= 11 is 0. The number of rotatable bonds is 10. The Labute approximate surface area is 186 Å². The fourth-order valence-corrected chi connectivity index (χ4v) is 3.15. The van der Waals surface area contributed by atoms with Gasteiger partial charge in [0.15, 0.2) is 5.96 Å². The summed E-state index contributed by atoms with van der Waals surface area (Å²) in [5.41, 5.74) is 0. The number of aliphatic imine (C=N–C) groups is 1. The summed E-state index contributed by atoms with van der Waals surface area (Å²) in [7, 11) is 1.60. The van der Waals surface area contributed by atoms with Crippen molar-refractivity contribution in [3.63, 3.8) is 0 Å². The second-order valence-electron chi connectivity index (χ2n) is 6.80. The zero-order valence-electron chi connectivity index (χ0n) is 17.8. The van der Waals surface area contributed by atoms with Gasteiger partial charge in [0, 0.05) is 45.2 Å². The molecule has 164 valence electrons. The van der Waals surface area contributed by atoms with Crippen LogP contribution < -0.4 is 16.0 Å². The maximum absolute atomic E-state index is 12.5. The third-order valence-electron chi connectivity index (χ3n) is 4.84. The van der Waals surface area contributed by atoms with Crippen LogP contribution in [0.25, 0.3) is 0 Å². The Kier molecular flexibility index (Phi) is 15.2. The van der Waals surface area contributed by atoms with Crippen molar-refractivity contribution < 1.29 is 14.3 Å². The van der Waals surface area contributed by atoms with Crippen LogP contribution in [-0.2, 0) is 14.3 Å². The summed E-state index contributed by atoms with van der Waals surface area (Å²) in [5, 5.41) is 9.32. The lowest BCUT2D eigenvalue weighted by atomic mass is 9.98. The molecule has 1 aliphatic rings. The van der Waals surface area contributed by atoms with Gasteiger partial charge in [-0.1, -0.05) is 13.8 Å². The maximum atomic E-state index is 12.5. The fraction of sp³-hybridized carbons (Fsp3) is 0.842. The van der Waals surface area contributed by atoms with Gasteiger partial charge in [0.25, 0.3) is 0 Å². The first-order valence-electron chi connectivity index (χ1n) is 10.1. The van der Waals surface area contributed by atoms with Crippen molar-refractivity contribution in [3.8, 4) is 0 Å². The number of likely N-dealkylation sites (tertiary alicyclic amines) is 1. The molecule has 1 heterocycles. The number of hydrogen-bond donors (Lipinski definition) is 3. The Balaban J connectivity index is 0.00000729. The van der Waals surface area contributed by atoms with E-state index in [-0.39, 0.29) is 54.3 Å². The van der Waals surface area contributed by atoms with Gasteiger partial charge in [-0.2, -0.15) is 0 Å². The van der Waals surface area contributed by atoms with Crippen LogP contribution >= 0.6 is 24.0 Å². The first-order chi connectivity index (χ1) is 13.0. The lowest BCUT2D eigenvalue weighted by Gasteiger charge is -2.34. The fourth-order valence-electron chi connectivity index (χ4n) is 3.15. The van der Waals surface area contributed by atoms with Crippen molar-refractivity contribution in [2.24, 2.45) is 10.9 Å². The lowest BCUT2D eigenvalue weighted by Crippen LogP contribution is -2.50. The molecule has 3 N–H and O–H groups in total. The molecule has 0 radical (unpaired) electrons. The maximum Gasteiger partial charge on any atom is 0.241 e. The van der Waals surface area contributed by atoms with Crippen molar-refractivity contribution in [3.05, 3.63) is 0 Å². The number of piperidine rings is 1. The molecule has 1 aliphatic heterocycles. The molecular formula is C19H38IN5O3. The molecule has 0 unspecified atom stereocenters. The number of methoxy groups -OCH3 is 1. The van der Waals surface area contributed by atoms with E-state index in [0.717, 1.165) is 45.3 Å². The number of amides is 2. The molecule has 1 rings (SSSR count). The Morgan fingerprint density at radius 1 is 1.14 bits per heavy atom. The number of guanidine groups is 1. The van der Waals surface area contributed by atoms with Crippen LogP contribution in [0.3, 0.4) is 0 Å². The highest BCUT2D eigenvalue weighted by molar-refractivity contribution is 14.0. The molecule has 0 bridgehead atoms. The van der Waals surface area contributed by atoms with Crippen LogP contribution in [0.5, 0.6) is 0 Å². The molecule has 8 nitrogen and oxygen atoms in total. The molecule has 28 heavy (non-hydrogen) atoms. The molecule has 0 aliphatic carbocycles. The van der Waals surface area contributed by atoms with Gasteiger partial charge in [-0.3, -0.25) is 9.59 Å². The largest absolute Gasteiger partial charge is 0.383 e. The summed E-state index contributed by atoms with van der Waals surface area (Å²) in [5.74, 6) is 0.941. The van der Waals surface area contributed by atoms with Gasteiger partial charge in [0.2, 0.25) is 11.8 Å². The van der Waals surface area contributed by atoms with Crippen LogP contribution in [0.4, 0.5) is 0 Å². The summed E-state index contributed by atoms with van der Waals surface area (Å²) in [6.07, 6.45) is 3.57. The van der Waals surface area contributed by atoms with Gasteiger partial charge < -0.3 is 25.6 Å². The van der Waals surface area contributed by atoms with Crippen molar-refractivity contribution >= 4 is 41.8 Å². The topological polar surface area (TPSA) is 95.1 Å². The number of carbonyl (C=O) groups excluding carboxylic acids is 2. The number of nitrogens with zero attached hydrogens (tertiary/aromatic N) is 2. The number of hydrogen-bond acceptors (Lipinski definition) is 4. The highest BCUT2D eigenvalue weighted by Crippen LogP contribution is 2.17. The molecule has 1 fully saturated rings. The molecule has 0 spiro atoms. The lowest BCUT2D eigenvalue weighted by molar-refractivity contribution is -0.136. The summed E-state index contributed by atoms with van der Waals surface area (Å²) in [6.45, 7) is 9.45. The van der Waals surface area contributed by atoms with E-state index in [1.54, 1.807) is 7.11 Å². The van der Waals surface area contributed by atoms with E-state index in [4.69, 9.17) is 4.74 Å². The molecule has 2 amide bonds. The second-order valence-corrected chi connectivity index (χ2v) is 6.80. The van der Waals surface area contributed by atoms with E-state index < -0.39 is 0 Å². The number of nitrogens with one attached hydrogen (secondary N) is 3. The average molecular weight is 511 g/mol. The van der Waals surface area contributed by atoms with Crippen molar-refractivity contribution in [1.82, 2.24) is 20.9 Å². The first kappa shape index (κ1) is 26.9. The smallest absolute Gasteiger partial charge is 0.241 e. The van der Waals surface area contributed by atoms with Crippen LogP contribution in [0.15, 0.2) is 4.99 Å². The van der Waals surface area contributed by atoms with Gasteiger partial charge in [-0.05, 0) is 32.6 Å². The van der Waals surface area contributed by atoms with Gasteiger partial charge in [-0.25, -0.2) is 4.99 Å².